The summed E-state index contributed by atoms with van der Waals surface area (Å²) in [5.74, 6) is -0.940. The van der Waals surface area contributed by atoms with E-state index in [4.69, 9.17) is 14.2 Å². The summed E-state index contributed by atoms with van der Waals surface area (Å²) in [6.45, 7) is 6.60. The molecule has 1 atom stereocenters. The maximum Gasteiger partial charge on any atom is 0.306 e. The summed E-state index contributed by atoms with van der Waals surface area (Å²) in [6.07, 6.45) is 72.2. The van der Waals surface area contributed by atoms with Crippen molar-refractivity contribution in [1.29, 1.82) is 0 Å². The Bertz CT molecular complexity index is 1250. The van der Waals surface area contributed by atoms with E-state index in [0.717, 1.165) is 57.8 Å². The van der Waals surface area contributed by atoms with E-state index in [1.807, 2.05) is 0 Å². The zero-order valence-electron chi connectivity index (χ0n) is 45.8. The number of hydrogen-bond donors (Lipinski definition) is 0. The van der Waals surface area contributed by atoms with Gasteiger partial charge >= 0.3 is 17.9 Å². The van der Waals surface area contributed by atoms with Gasteiger partial charge in [0, 0.05) is 19.3 Å². The van der Waals surface area contributed by atoms with Crippen molar-refractivity contribution in [3.8, 4) is 0 Å². The van der Waals surface area contributed by atoms with Gasteiger partial charge in [0.25, 0.3) is 0 Å². The molecule has 0 unspecified atom stereocenters. The molecule has 0 radical (unpaired) electrons. The van der Waals surface area contributed by atoms with E-state index in [2.05, 4.69) is 81.5 Å². The van der Waals surface area contributed by atoms with Crippen molar-refractivity contribution in [2.45, 2.75) is 309 Å². The van der Waals surface area contributed by atoms with Gasteiger partial charge in [0.2, 0.25) is 0 Å². The molecule has 0 N–H and O–H groups in total. The van der Waals surface area contributed by atoms with Gasteiger partial charge in [-0.3, -0.25) is 14.4 Å². The van der Waals surface area contributed by atoms with Crippen LogP contribution in [0.3, 0.4) is 0 Å². The van der Waals surface area contributed by atoms with Crippen molar-refractivity contribution in [3.05, 3.63) is 60.8 Å². The van der Waals surface area contributed by atoms with E-state index < -0.39 is 6.10 Å². The highest BCUT2D eigenvalue weighted by atomic mass is 16.6. The van der Waals surface area contributed by atoms with Crippen LogP contribution in [-0.2, 0) is 28.6 Å². The molecule has 0 aromatic rings. The smallest absolute Gasteiger partial charge is 0.306 e. The van der Waals surface area contributed by atoms with Gasteiger partial charge in [0.15, 0.2) is 6.10 Å². The second kappa shape index (κ2) is 57.7. The summed E-state index contributed by atoms with van der Waals surface area (Å²) in [4.78, 5) is 38.2. The van der Waals surface area contributed by atoms with Crippen LogP contribution in [0.4, 0.5) is 0 Å². The summed E-state index contributed by atoms with van der Waals surface area (Å²) in [5, 5.41) is 0. The minimum absolute atomic E-state index is 0.0916. The van der Waals surface area contributed by atoms with E-state index >= 15 is 0 Å². The van der Waals surface area contributed by atoms with Gasteiger partial charge in [-0.15, -0.1) is 0 Å². The molecular weight excluding hydrogens is 853 g/mol. The Morgan fingerprint density at radius 3 is 0.899 bits per heavy atom. The predicted octanol–water partition coefficient (Wildman–Crippen LogP) is 20.0. The molecule has 0 aliphatic carbocycles. The quantitative estimate of drug-likeness (QED) is 0.0262. The topological polar surface area (TPSA) is 78.9 Å². The molecule has 0 saturated heterocycles. The van der Waals surface area contributed by atoms with Crippen molar-refractivity contribution < 1.29 is 28.6 Å². The van der Waals surface area contributed by atoms with Crippen molar-refractivity contribution >= 4 is 17.9 Å². The lowest BCUT2D eigenvalue weighted by Gasteiger charge is -2.18. The van der Waals surface area contributed by atoms with Gasteiger partial charge in [0.05, 0.1) is 0 Å². The fourth-order valence-electron chi connectivity index (χ4n) is 8.45. The third kappa shape index (κ3) is 55.9. The standard InChI is InChI=1S/C63H112O6/c1-4-7-10-13-16-19-22-25-28-30-31-33-36-39-42-45-48-51-54-57-63(66)69-60(58-67-61(64)55-52-49-46-43-40-37-34-27-24-21-18-15-12-9-6-3)59-68-62(65)56-53-50-47-44-41-38-35-32-29-26-23-20-17-14-11-8-5-2/h21,24-26,28-29,35,38,44,47,60H,4-20,22-23,27,30-34,36-37,39-43,45-46,48-59H2,1-3H3/b24-21-,28-25-,29-26-,38-35-,47-44-/t60-/m0/s1. The molecule has 0 aliphatic heterocycles. The average molecular weight is 966 g/mol. The summed E-state index contributed by atoms with van der Waals surface area (Å²) in [6, 6.07) is 0. The second-order valence-electron chi connectivity index (χ2n) is 19.9. The van der Waals surface area contributed by atoms with E-state index in [1.165, 1.54) is 199 Å². The molecule has 0 aromatic heterocycles. The molecule has 0 aliphatic rings. The first-order chi connectivity index (χ1) is 34.0. The third-order valence-corrected chi connectivity index (χ3v) is 13.0. The van der Waals surface area contributed by atoms with E-state index in [1.54, 1.807) is 0 Å². The first-order valence-electron chi connectivity index (χ1n) is 29.8. The summed E-state index contributed by atoms with van der Waals surface area (Å²) in [7, 11) is 0. The van der Waals surface area contributed by atoms with E-state index in [-0.39, 0.29) is 37.5 Å². The largest absolute Gasteiger partial charge is 0.462 e. The second-order valence-corrected chi connectivity index (χ2v) is 19.9. The van der Waals surface area contributed by atoms with Crippen LogP contribution < -0.4 is 0 Å². The monoisotopic (exact) mass is 965 g/mol. The molecule has 69 heavy (non-hydrogen) atoms. The van der Waals surface area contributed by atoms with Gasteiger partial charge in [-0.25, -0.2) is 0 Å². The zero-order chi connectivity index (χ0) is 50.0. The molecule has 0 aromatic carbocycles. The molecule has 0 bridgehead atoms. The van der Waals surface area contributed by atoms with Crippen LogP contribution in [0.15, 0.2) is 60.8 Å². The number of esters is 3. The van der Waals surface area contributed by atoms with Crippen LogP contribution in [0, 0.1) is 0 Å². The van der Waals surface area contributed by atoms with Gasteiger partial charge < -0.3 is 14.2 Å². The molecule has 0 heterocycles. The number of hydrogen-bond acceptors (Lipinski definition) is 6. The number of carbonyl (C=O) groups is 3. The summed E-state index contributed by atoms with van der Waals surface area (Å²) >= 11 is 0. The average Bonchev–Trinajstić information content (AvgIpc) is 3.35. The predicted molar refractivity (Wildman–Crippen MR) is 298 cm³/mol. The van der Waals surface area contributed by atoms with Crippen LogP contribution in [0.25, 0.3) is 0 Å². The number of ether oxygens (including phenoxy) is 3. The Labute approximate surface area is 428 Å². The summed E-state index contributed by atoms with van der Waals surface area (Å²) in [5.41, 5.74) is 0. The lowest BCUT2D eigenvalue weighted by Crippen LogP contribution is -2.30. The molecule has 6 nitrogen and oxygen atoms in total. The SMILES string of the molecule is CCCCCC/C=C\CCCCCCCCCC(=O)OC[C@@H](COC(=O)CCC/C=C\C/C=C\C/C=C\CCCCCCCC)OC(=O)CCCCCCCCCCC/C=C\CCCCCCCC. The fraction of sp³-hybridized carbons (Fsp3) is 0.794. The van der Waals surface area contributed by atoms with Crippen LogP contribution in [-0.4, -0.2) is 37.2 Å². The molecule has 0 amide bonds. The highest BCUT2D eigenvalue weighted by Gasteiger charge is 2.19. The minimum atomic E-state index is -0.797. The lowest BCUT2D eigenvalue weighted by atomic mass is 10.1. The number of carbonyl (C=O) groups excluding carboxylic acids is 3. The molecule has 6 heteroatoms. The first-order valence-corrected chi connectivity index (χ1v) is 29.8. The molecular formula is C63H112O6. The number of unbranched alkanes of at least 4 members (excludes halogenated alkanes) is 33. The molecule has 0 rings (SSSR count). The van der Waals surface area contributed by atoms with Crippen molar-refractivity contribution in [2.24, 2.45) is 0 Å². The van der Waals surface area contributed by atoms with Gasteiger partial charge in [-0.2, -0.15) is 0 Å². The first kappa shape index (κ1) is 66.1. The molecule has 0 spiro atoms. The maximum absolute atomic E-state index is 12.9. The Kier molecular flexibility index (Phi) is 55.3. The normalized spacial score (nSPS) is 12.4. The highest BCUT2D eigenvalue weighted by molar-refractivity contribution is 5.71. The van der Waals surface area contributed by atoms with Crippen LogP contribution in [0.5, 0.6) is 0 Å². The fourth-order valence-corrected chi connectivity index (χ4v) is 8.45. The maximum atomic E-state index is 12.9. The zero-order valence-corrected chi connectivity index (χ0v) is 45.8. The Morgan fingerprint density at radius 2 is 0.536 bits per heavy atom. The highest BCUT2D eigenvalue weighted by Crippen LogP contribution is 2.15. The Balaban J connectivity index is 4.43. The lowest BCUT2D eigenvalue weighted by molar-refractivity contribution is -0.167. The van der Waals surface area contributed by atoms with E-state index in [0.29, 0.717) is 19.3 Å². The van der Waals surface area contributed by atoms with Crippen LogP contribution >= 0.6 is 0 Å². The van der Waals surface area contributed by atoms with Crippen molar-refractivity contribution in [3.63, 3.8) is 0 Å². The molecule has 0 saturated carbocycles. The molecule has 400 valence electrons. The third-order valence-electron chi connectivity index (χ3n) is 13.0. The van der Waals surface area contributed by atoms with Gasteiger partial charge in [-0.1, -0.05) is 242 Å². The van der Waals surface area contributed by atoms with Crippen LogP contribution in [0.2, 0.25) is 0 Å². The number of rotatable bonds is 54. The van der Waals surface area contributed by atoms with Gasteiger partial charge in [-0.05, 0) is 103 Å². The van der Waals surface area contributed by atoms with Crippen molar-refractivity contribution in [2.75, 3.05) is 13.2 Å². The Morgan fingerprint density at radius 1 is 0.290 bits per heavy atom. The Hall–Kier alpha value is -2.89. The van der Waals surface area contributed by atoms with Crippen molar-refractivity contribution in [1.82, 2.24) is 0 Å². The van der Waals surface area contributed by atoms with E-state index in [9.17, 15) is 14.4 Å². The van der Waals surface area contributed by atoms with Crippen LogP contribution in [0.1, 0.15) is 303 Å². The molecule has 0 fully saturated rings. The number of allylic oxidation sites excluding steroid dienone is 10. The summed E-state index contributed by atoms with van der Waals surface area (Å²) < 4.78 is 16.8. The minimum Gasteiger partial charge on any atom is -0.462 e. The van der Waals surface area contributed by atoms with Gasteiger partial charge in [0.1, 0.15) is 13.2 Å².